The van der Waals surface area contributed by atoms with Gasteiger partial charge in [0.15, 0.2) is 0 Å². The first-order chi connectivity index (χ1) is 16.2. The largest absolute Gasteiger partial charge is 0.489 e. The zero-order valence-electron chi connectivity index (χ0n) is 19.3. The lowest BCUT2D eigenvalue weighted by atomic mass is 9.81. The molecule has 1 saturated carbocycles. The summed E-state index contributed by atoms with van der Waals surface area (Å²) in [6.45, 7) is 2.60. The summed E-state index contributed by atoms with van der Waals surface area (Å²) < 4.78 is 49.4. The van der Waals surface area contributed by atoms with Gasteiger partial charge in [0.1, 0.15) is 12.4 Å². The third kappa shape index (κ3) is 5.57. The number of nitrogens with zero attached hydrogens (tertiary/aromatic N) is 1. The molecular formula is C27H30F3NO3. The van der Waals surface area contributed by atoms with E-state index in [1.807, 2.05) is 35.9 Å². The summed E-state index contributed by atoms with van der Waals surface area (Å²) in [6, 6.07) is 10.3. The number of aliphatic carboxylic acids is 1. The SMILES string of the molecule is Cc1cc(OCc2ccc(C3CCCCC3)c(C(F)(F)F)c2)cc2ccn(CCCC(=O)O)c12. The van der Waals surface area contributed by atoms with Crippen LogP contribution in [0.1, 0.15) is 73.1 Å². The monoisotopic (exact) mass is 473 g/mol. The molecule has 1 fully saturated rings. The molecule has 0 bridgehead atoms. The van der Waals surface area contributed by atoms with E-state index >= 15 is 0 Å². The molecule has 1 N–H and O–H groups in total. The van der Waals surface area contributed by atoms with Crippen LogP contribution in [0.25, 0.3) is 10.9 Å². The number of carbonyl (C=O) groups is 1. The number of carboxylic acid groups (broad SMARTS) is 1. The van der Waals surface area contributed by atoms with Gasteiger partial charge in [-0.1, -0.05) is 31.4 Å². The van der Waals surface area contributed by atoms with E-state index in [9.17, 15) is 18.0 Å². The van der Waals surface area contributed by atoms with E-state index in [2.05, 4.69) is 0 Å². The second-order valence-electron chi connectivity index (χ2n) is 9.23. The predicted molar refractivity (Wildman–Crippen MR) is 125 cm³/mol. The minimum atomic E-state index is -4.39. The Morgan fingerprint density at radius 2 is 1.88 bits per heavy atom. The van der Waals surface area contributed by atoms with Gasteiger partial charge in [-0.15, -0.1) is 0 Å². The van der Waals surface area contributed by atoms with Gasteiger partial charge in [-0.05, 0) is 73.1 Å². The highest BCUT2D eigenvalue weighted by atomic mass is 19.4. The Bertz CT molecular complexity index is 1160. The van der Waals surface area contributed by atoms with Gasteiger partial charge in [-0.25, -0.2) is 0 Å². The number of hydrogen-bond donors (Lipinski definition) is 1. The molecule has 182 valence electrons. The molecule has 0 aliphatic heterocycles. The van der Waals surface area contributed by atoms with E-state index in [1.54, 1.807) is 12.1 Å². The second-order valence-corrected chi connectivity index (χ2v) is 9.23. The molecule has 0 amide bonds. The van der Waals surface area contributed by atoms with Gasteiger partial charge in [0.25, 0.3) is 0 Å². The van der Waals surface area contributed by atoms with E-state index in [0.717, 1.165) is 48.6 Å². The highest BCUT2D eigenvalue weighted by Gasteiger charge is 2.35. The molecule has 0 radical (unpaired) electrons. The van der Waals surface area contributed by atoms with Crippen LogP contribution >= 0.6 is 0 Å². The van der Waals surface area contributed by atoms with Crippen LogP contribution in [0, 0.1) is 6.92 Å². The van der Waals surface area contributed by atoms with Crippen molar-refractivity contribution in [2.45, 2.75) is 77.1 Å². The summed E-state index contributed by atoms with van der Waals surface area (Å²) in [7, 11) is 0. The Hall–Kier alpha value is -2.96. The Kier molecular flexibility index (Phi) is 7.19. The van der Waals surface area contributed by atoms with Crippen LogP contribution in [0.3, 0.4) is 0 Å². The fourth-order valence-corrected chi connectivity index (χ4v) is 5.08. The minimum Gasteiger partial charge on any atom is -0.489 e. The van der Waals surface area contributed by atoms with Crippen molar-refractivity contribution in [2.75, 3.05) is 0 Å². The van der Waals surface area contributed by atoms with Gasteiger partial charge < -0.3 is 14.4 Å². The summed E-state index contributed by atoms with van der Waals surface area (Å²) in [6.07, 6.45) is 2.87. The van der Waals surface area contributed by atoms with Crippen molar-refractivity contribution in [1.82, 2.24) is 4.57 Å². The number of ether oxygens (including phenoxy) is 1. The summed E-state index contributed by atoms with van der Waals surface area (Å²) in [5.74, 6) is -0.243. The maximum Gasteiger partial charge on any atom is 0.416 e. The van der Waals surface area contributed by atoms with E-state index < -0.39 is 17.7 Å². The lowest BCUT2D eigenvalue weighted by Gasteiger charge is -2.25. The van der Waals surface area contributed by atoms with Gasteiger partial charge in [0.05, 0.1) is 11.1 Å². The van der Waals surface area contributed by atoms with Gasteiger partial charge in [0, 0.05) is 24.5 Å². The third-order valence-corrected chi connectivity index (χ3v) is 6.69. The standard InChI is InChI=1S/C27H30F3NO3/c1-18-14-22(16-21-11-13-31(26(18)21)12-5-8-25(32)33)34-17-19-9-10-23(20-6-3-2-4-7-20)24(15-19)27(28,29)30/h9-11,13-16,20H,2-8,12,17H2,1H3,(H,32,33). The summed E-state index contributed by atoms with van der Waals surface area (Å²) in [5, 5.41) is 9.81. The van der Waals surface area contributed by atoms with Gasteiger partial charge in [-0.3, -0.25) is 4.79 Å². The van der Waals surface area contributed by atoms with Crippen molar-refractivity contribution in [3.63, 3.8) is 0 Å². The zero-order chi connectivity index (χ0) is 24.3. The molecule has 0 spiro atoms. The number of hydrogen-bond acceptors (Lipinski definition) is 2. The molecule has 1 aliphatic rings. The molecule has 3 aromatic rings. The Morgan fingerprint density at radius 1 is 1.12 bits per heavy atom. The van der Waals surface area contributed by atoms with E-state index in [0.29, 0.717) is 29.8 Å². The molecule has 0 atom stereocenters. The summed E-state index contributed by atoms with van der Waals surface area (Å²) in [5.41, 5.74) is 2.35. The number of fused-ring (bicyclic) bond motifs is 1. The Morgan fingerprint density at radius 3 is 2.59 bits per heavy atom. The quantitative estimate of drug-likeness (QED) is 0.369. The number of aromatic nitrogens is 1. The lowest BCUT2D eigenvalue weighted by Crippen LogP contribution is -2.15. The highest BCUT2D eigenvalue weighted by Crippen LogP contribution is 2.41. The number of alkyl halides is 3. The molecular weight excluding hydrogens is 443 g/mol. The molecule has 1 heterocycles. The van der Waals surface area contributed by atoms with Crippen molar-refractivity contribution < 1.29 is 27.8 Å². The zero-order valence-corrected chi connectivity index (χ0v) is 19.3. The van der Waals surface area contributed by atoms with Crippen molar-refractivity contribution in [1.29, 1.82) is 0 Å². The minimum absolute atomic E-state index is 0.0232. The van der Waals surface area contributed by atoms with Crippen molar-refractivity contribution >= 4 is 16.9 Å². The average Bonchev–Trinajstić information content (AvgIpc) is 3.21. The number of benzene rings is 2. The van der Waals surface area contributed by atoms with Crippen molar-refractivity contribution in [3.8, 4) is 5.75 Å². The van der Waals surface area contributed by atoms with Crippen LogP contribution in [0.5, 0.6) is 5.75 Å². The maximum atomic E-state index is 13.8. The molecule has 2 aromatic carbocycles. The van der Waals surface area contributed by atoms with Crippen LogP contribution in [0.15, 0.2) is 42.6 Å². The smallest absolute Gasteiger partial charge is 0.416 e. The first-order valence-electron chi connectivity index (χ1n) is 11.9. The average molecular weight is 474 g/mol. The molecule has 34 heavy (non-hydrogen) atoms. The summed E-state index contributed by atoms with van der Waals surface area (Å²) in [4.78, 5) is 10.8. The number of carboxylic acids is 1. The number of rotatable bonds is 8. The van der Waals surface area contributed by atoms with E-state index in [1.165, 1.54) is 6.07 Å². The van der Waals surface area contributed by atoms with Crippen LogP contribution < -0.4 is 4.74 Å². The third-order valence-electron chi connectivity index (χ3n) is 6.69. The van der Waals surface area contributed by atoms with Gasteiger partial charge in [0.2, 0.25) is 0 Å². The maximum absolute atomic E-state index is 13.8. The predicted octanol–water partition coefficient (Wildman–Crippen LogP) is 7.46. The lowest BCUT2D eigenvalue weighted by molar-refractivity contribution is -0.139. The van der Waals surface area contributed by atoms with E-state index in [-0.39, 0.29) is 18.9 Å². The van der Waals surface area contributed by atoms with E-state index in [4.69, 9.17) is 9.84 Å². The Balaban J connectivity index is 1.50. The molecule has 4 rings (SSSR count). The molecule has 0 saturated heterocycles. The van der Waals surface area contributed by atoms with Crippen LogP contribution in [-0.4, -0.2) is 15.6 Å². The molecule has 0 unspecified atom stereocenters. The Labute approximate surface area is 197 Å². The van der Waals surface area contributed by atoms with Crippen LogP contribution in [0.2, 0.25) is 0 Å². The van der Waals surface area contributed by atoms with Crippen LogP contribution in [0.4, 0.5) is 13.2 Å². The fourth-order valence-electron chi connectivity index (χ4n) is 5.08. The molecule has 1 aromatic heterocycles. The first kappa shape index (κ1) is 24.2. The van der Waals surface area contributed by atoms with Gasteiger partial charge in [-0.2, -0.15) is 13.2 Å². The second kappa shape index (κ2) is 10.1. The van der Waals surface area contributed by atoms with Crippen molar-refractivity contribution in [2.24, 2.45) is 0 Å². The normalized spacial score (nSPS) is 15.1. The molecule has 4 nitrogen and oxygen atoms in total. The fraction of sp³-hybridized carbons (Fsp3) is 0.444. The first-order valence-corrected chi connectivity index (χ1v) is 11.9. The number of halogens is 3. The highest BCUT2D eigenvalue weighted by molar-refractivity contribution is 5.85. The topological polar surface area (TPSA) is 51.5 Å². The van der Waals surface area contributed by atoms with Crippen LogP contribution in [-0.2, 0) is 24.1 Å². The van der Waals surface area contributed by atoms with Gasteiger partial charge >= 0.3 is 12.1 Å². The molecule has 7 heteroatoms. The summed E-state index contributed by atoms with van der Waals surface area (Å²) >= 11 is 0. The number of aryl methyl sites for hydroxylation is 2. The molecule has 1 aliphatic carbocycles. The van der Waals surface area contributed by atoms with Crippen molar-refractivity contribution in [3.05, 3.63) is 64.8 Å².